The Hall–Kier alpha value is -4.79. The van der Waals surface area contributed by atoms with Crippen molar-refractivity contribution in [1.29, 1.82) is 0 Å². The minimum atomic E-state index is -5.80. The van der Waals surface area contributed by atoms with Crippen LogP contribution in [0.5, 0.6) is 5.75 Å². The van der Waals surface area contributed by atoms with E-state index in [-0.39, 0.29) is 56.7 Å². The normalized spacial score (nSPS) is 18.9. The molecular weight excluding hydrogens is 883 g/mol. The highest BCUT2D eigenvalue weighted by Crippen LogP contribution is 2.66. The van der Waals surface area contributed by atoms with Gasteiger partial charge < -0.3 is 69.9 Å². The maximum absolute atomic E-state index is 12.7. The van der Waals surface area contributed by atoms with Gasteiger partial charge in [-0.3, -0.25) is 14.1 Å². The molecule has 1 aliphatic heterocycles. The number of phosphoric ester groups is 1. The monoisotopic (exact) mass is 923 g/mol. The van der Waals surface area contributed by atoms with Crippen molar-refractivity contribution in [2.75, 3.05) is 58.6 Å². The Balaban J connectivity index is 1.32. The minimum absolute atomic E-state index is 0.0269. The third kappa shape index (κ3) is 15.9. The summed E-state index contributed by atoms with van der Waals surface area (Å²) in [5.41, 5.74) is 30.2. The second-order valence-corrected chi connectivity index (χ2v) is 16.5. The van der Waals surface area contributed by atoms with E-state index in [0.717, 1.165) is 6.33 Å². The second-order valence-electron chi connectivity index (χ2n) is 12.1. The van der Waals surface area contributed by atoms with Crippen molar-refractivity contribution in [2.45, 2.75) is 37.6 Å². The number of carbonyl (C=O) groups excluding carboxylic acids is 2. The molecule has 33 heteroatoms. The van der Waals surface area contributed by atoms with Crippen LogP contribution >= 0.6 is 23.5 Å². The molecule has 0 radical (unpaired) electrons. The number of amides is 2. The zero-order valence-electron chi connectivity index (χ0n) is 31.5. The number of nitrogens with zero attached hydrogens (tertiary/aromatic N) is 9. The number of nitrogens with two attached hydrogens (primary N) is 2. The molecule has 6 unspecified atom stereocenters. The van der Waals surface area contributed by atoms with E-state index in [1.165, 1.54) is 16.8 Å². The second kappa shape index (κ2) is 22.9. The number of hydrogen-bond acceptors (Lipinski definition) is 19. The number of rotatable bonds is 26. The first-order valence-corrected chi connectivity index (χ1v) is 21.8. The molecular formula is C28H40N13O17P3. The van der Waals surface area contributed by atoms with E-state index in [1.807, 2.05) is 0 Å². The van der Waals surface area contributed by atoms with Gasteiger partial charge in [-0.1, -0.05) is 16.3 Å². The largest absolute Gasteiger partial charge is 0.491 e. The van der Waals surface area contributed by atoms with Crippen LogP contribution in [-0.2, 0) is 57.1 Å². The van der Waals surface area contributed by atoms with Gasteiger partial charge in [0.2, 0.25) is 5.91 Å². The molecule has 334 valence electrons. The summed E-state index contributed by atoms with van der Waals surface area (Å²) in [7, 11) is -17.0. The van der Waals surface area contributed by atoms with Gasteiger partial charge in [0.15, 0.2) is 6.23 Å². The van der Waals surface area contributed by atoms with Gasteiger partial charge in [-0.15, -0.1) is 0 Å². The molecule has 1 aromatic carbocycles. The van der Waals surface area contributed by atoms with Crippen molar-refractivity contribution < 1.29 is 79.7 Å². The van der Waals surface area contributed by atoms with Crippen LogP contribution in [0.2, 0.25) is 0 Å². The molecule has 3 heterocycles. The van der Waals surface area contributed by atoms with Crippen molar-refractivity contribution in [3.8, 4) is 5.75 Å². The van der Waals surface area contributed by atoms with E-state index in [2.05, 4.69) is 49.3 Å². The zero-order chi connectivity index (χ0) is 44.6. The van der Waals surface area contributed by atoms with Crippen molar-refractivity contribution in [3.63, 3.8) is 0 Å². The SMILES string of the molecule is [N-]=[N+]=NCOC1CC(n2cc(CNC(=O)COCCOC(COc3cccc(C(=O)NCCN)c3)N=[N+]=[N-])c3c(N)ncnc32)OC1COP(=O)(O)OP(=O)(O)OP(=O)(O)O. The predicted molar refractivity (Wildman–Crippen MR) is 204 cm³/mol. The summed E-state index contributed by atoms with van der Waals surface area (Å²) in [6.07, 6.45) is -1.73. The Morgan fingerprint density at radius 3 is 2.59 bits per heavy atom. The van der Waals surface area contributed by atoms with E-state index in [1.54, 1.807) is 18.2 Å². The number of ether oxygens (including phenoxy) is 5. The molecule has 0 saturated carbocycles. The van der Waals surface area contributed by atoms with E-state index in [0.29, 0.717) is 28.8 Å². The Bertz CT molecular complexity index is 2240. The Morgan fingerprint density at radius 2 is 1.87 bits per heavy atom. The number of azide groups is 2. The van der Waals surface area contributed by atoms with Gasteiger partial charge in [0.1, 0.15) is 55.8 Å². The van der Waals surface area contributed by atoms with Crippen molar-refractivity contribution in [3.05, 3.63) is 68.8 Å². The van der Waals surface area contributed by atoms with Crippen molar-refractivity contribution >= 4 is 52.1 Å². The zero-order valence-corrected chi connectivity index (χ0v) is 34.1. The van der Waals surface area contributed by atoms with E-state index >= 15 is 0 Å². The summed E-state index contributed by atoms with van der Waals surface area (Å²) in [5.74, 6) is -0.555. The minimum Gasteiger partial charge on any atom is -0.491 e. The molecule has 3 aromatic rings. The molecule has 2 aromatic heterocycles. The number of carbonyl (C=O) groups is 2. The molecule has 2 amide bonds. The lowest BCUT2D eigenvalue weighted by Crippen LogP contribution is -2.29. The molecule has 61 heavy (non-hydrogen) atoms. The number of hydrogen-bond donors (Lipinski definition) is 8. The molecule has 1 saturated heterocycles. The predicted octanol–water partition coefficient (Wildman–Crippen LogP) is 1.35. The summed E-state index contributed by atoms with van der Waals surface area (Å²) in [6.45, 7) is -1.75. The van der Waals surface area contributed by atoms with Gasteiger partial charge in [-0.05, 0) is 29.3 Å². The average Bonchev–Trinajstić information content (AvgIpc) is 3.77. The van der Waals surface area contributed by atoms with Crippen LogP contribution < -0.4 is 26.8 Å². The first-order valence-electron chi connectivity index (χ1n) is 17.3. The molecule has 0 bridgehead atoms. The fourth-order valence-corrected chi connectivity index (χ4v) is 8.40. The fourth-order valence-electron chi connectivity index (χ4n) is 5.37. The summed E-state index contributed by atoms with van der Waals surface area (Å²) in [6, 6.07) is 6.29. The Kier molecular flexibility index (Phi) is 18.3. The summed E-state index contributed by atoms with van der Waals surface area (Å²) < 4.78 is 76.8. The van der Waals surface area contributed by atoms with Crippen LogP contribution in [0, 0.1) is 0 Å². The summed E-state index contributed by atoms with van der Waals surface area (Å²) >= 11 is 0. The molecule has 1 aliphatic rings. The number of fused-ring (bicyclic) bond motifs is 1. The highest BCUT2D eigenvalue weighted by atomic mass is 31.3. The third-order valence-corrected chi connectivity index (χ3v) is 11.6. The highest BCUT2D eigenvalue weighted by molar-refractivity contribution is 7.66. The highest BCUT2D eigenvalue weighted by Gasteiger charge is 2.43. The number of nitrogens with one attached hydrogen (secondary N) is 2. The van der Waals surface area contributed by atoms with E-state index in [4.69, 9.17) is 60.5 Å². The van der Waals surface area contributed by atoms with Crippen LogP contribution in [0.1, 0.15) is 28.6 Å². The number of nitrogen functional groups attached to an aromatic ring is 1. The number of benzene rings is 1. The summed E-state index contributed by atoms with van der Waals surface area (Å²) in [4.78, 5) is 75.4. The third-order valence-electron chi connectivity index (χ3n) is 7.78. The van der Waals surface area contributed by atoms with E-state index < -0.39 is 74.0 Å². The van der Waals surface area contributed by atoms with Gasteiger partial charge in [-0.2, -0.15) is 8.62 Å². The number of phosphoric acid groups is 3. The quantitative estimate of drug-likeness (QED) is 0.0185. The smallest absolute Gasteiger partial charge is 0.490 e. The molecule has 4 rings (SSSR count). The molecule has 1 fully saturated rings. The topological polar surface area (TPSA) is 444 Å². The maximum atomic E-state index is 12.7. The first-order chi connectivity index (χ1) is 28.9. The summed E-state index contributed by atoms with van der Waals surface area (Å²) in [5, 5.41) is 12.4. The number of anilines is 1. The Labute approximate surface area is 343 Å². The maximum Gasteiger partial charge on any atom is 0.490 e. The standard InChI is InChI=1S/C28H40N13O17P3/c29-4-5-33-28(43)17-2-1-3-19(8-17)53-14-23(38-40-32)52-7-6-51-13-22(42)34-10-18-11-41(27-25(18)26(30)35-15-36-27)24-9-20(54-16-37-39-31)21(56-24)12-55-60(47,48)58-61(49,50)57-59(44,45)46/h1-3,8,11,15,20-21,23-24H,4-7,9-10,12-14,16,29H2,(H,33,43)(H,34,42)(H,47,48)(H,49,50)(H2,30,35,36)(H2,44,45,46). The lowest BCUT2D eigenvalue weighted by molar-refractivity contribution is -0.126. The molecule has 6 atom stereocenters. The molecule has 10 N–H and O–H groups in total. The van der Waals surface area contributed by atoms with Gasteiger partial charge in [0, 0.05) is 53.2 Å². The van der Waals surface area contributed by atoms with Gasteiger partial charge in [-0.25, -0.2) is 23.7 Å². The fraction of sp³-hybridized carbons (Fsp3) is 0.500. The van der Waals surface area contributed by atoms with Gasteiger partial charge in [0.25, 0.3) is 5.91 Å². The molecule has 0 aliphatic carbocycles. The first kappa shape index (κ1) is 48.9. The van der Waals surface area contributed by atoms with Crippen molar-refractivity contribution in [2.24, 2.45) is 16.0 Å². The van der Waals surface area contributed by atoms with E-state index in [9.17, 15) is 33.1 Å². The number of aromatic nitrogens is 3. The van der Waals surface area contributed by atoms with Crippen LogP contribution in [0.25, 0.3) is 31.9 Å². The van der Waals surface area contributed by atoms with Gasteiger partial charge in [0.05, 0.1) is 31.3 Å². The lowest BCUT2D eigenvalue weighted by Gasteiger charge is -2.21. The van der Waals surface area contributed by atoms with Crippen LogP contribution in [0.4, 0.5) is 5.82 Å². The molecule has 30 nitrogen and oxygen atoms in total. The van der Waals surface area contributed by atoms with Crippen LogP contribution in [-0.4, -0.2) is 117 Å². The van der Waals surface area contributed by atoms with Gasteiger partial charge >= 0.3 is 23.5 Å². The van der Waals surface area contributed by atoms with Crippen LogP contribution in [0.3, 0.4) is 0 Å². The average molecular weight is 924 g/mol. The molecule has 0 spiro atoms. The lowest BCUT2D eigenvalue weighted by atomic mass is 10.2. The Morgan fingerprint density at radius 1 is 1.08 bits per heavy atom. The van der Waals surface area contributed by atoms with Crippen LogP contribution in [0.15, 0.2) is 47.0 Å². The van der Waals surface area contributed by atoms with Crippen molar-refractivity contribution in [1.82, 2.24) is 25.2 Å².